The Balaban J connectivity index is 2.03. The zero-order valence-electron chi connectivity index (χ0n) is 14.2. The van der Waals surface area contributed by atoms with Gasteiger partial charge in [-0.3, -0.25) is 0 Å². The van der Waals surface area contributed by atoms with Gasteiger partial charge in [0.1, 0.15) is 0 Å². The fourth-order valence-electron chi connectivity index (χ4n) is 3.81. The molecule has 3 rings (SSSR count). The summed E-state index contributed by atoms with van der Waals surface area (Å²) in [5, 5.41) is 0. The fraction of sp³-hybridized carbons (Fsp3) is 0.333. The van der Waals surface area contributed by atoms with Crippen LogP contribution in [0, 0.1) is 5.92 Å². The van der Waals surface area contributed by atoms with Gasteiger partial charge in [0, 0.05) is 5.41 Å². The van der Waals surface area contributed by atoms with Gasteiger partial charge >= 0.3 is 0 Å². The van der Waals surface area contributed by atoms with Gasteiger partial charge in [0.15, 0.2) is 0 Å². The molecule has 0 atom stereocenters. The molecule has 0 spiro atoms. The molecule has 0 radical (unpaired) electrons. The predicted molar refractivity (Wildman–Crippen MR) is 96.9 cm³/mol. The molecule has 4 nitrogen and oxygen atoms in total. The standard InChI is InChI=1S/C21H20N2O2/c1-16-10-12-21(13-11-16,17-2-6-19(7-3-17)22-14-24)18-4-8-20(9-5-18)23-15-25/h2-9,16H,10-13H2,1H3. The number of hydrogen-bond acceptors (Lipinski definition) is 4. The summed E-state index contributed by atoms with van der Waals surface area (Å²) in [7, 11) is 0. The van der Waals surface area contributed by atoms with Crippen molar-refractivity contribution in [3.8, 4) is 0 Å². The highest BCUT2D eigenvalue weighted by Gasteiger charge is 2.37. The SMILES string of the molecule is CC1CCC(c2ccc(N=C=O)cc2)(c2ccc(N=C=O)cc2)CC1. The van der Waals surface area contributed by atoms with Crippen molar-refractivity contribution in [3.05, 3.63) is 59.7 Å². The molecule has 126 valence electrons. The van der Waals surface area contributed by atoms with Crippen molar-refractivity contribution in [2.75, 3.05) is 0 Å². The summed E-state index contributed by atoms with van der Waals surface area (Å²) in [6.07, 6.45) is 7.64. The molecular weight excluding hydrogens is 312 g/mol. The van der Waals surface area contributed by atoms with Crippen molar-refractivity contribution >= 4 is 23.5 Å². The van der Waals surface area contributed by atoms with E-state index in [4.69, 9.17) is 0 Å². The van der Waals surface area contributed by atoms with E-state index in [1.54, 1.807) is 12.2 Å². The monoisotopic (exact) mass is 332 g/mol. The van der Waals surface area contributed by atoms with E-state index in [1.807, 2.05) is 24.3 Å². The minimum Gasteiger partial charge on any atom is -0.211 e. The second kappa shape index (κ2) is 7.40. The van der Waals surface area contributed by atoms with Gasteiger partial charge in [0.25, 0.3) is 0 Å². The number of nitrogens with zero attached hydrogens (tertiary/aromatic N) is 2. The van der Waals surface area contributed by atoms with Crippen LogP contribution >= 0.6 is 0 Å². The number of aliphatic imine (C=N–C) groups is 2. The van der Waals surface area contributed by atoms with E-state index < -0.39 is 0 Å². The first-order valence-corrected chi connectivity index (χ1v) is 8.55. The highest BCUT2D eigenvalue weighted by molar-refractivity contribution is 5.53. The highest BCUT2D eigenvalue weighted by atomic mass is 16.1. The average Bonchev–Trinajstić information content (AvgIpc) is 2.65. The van der Waals surface area contributed by atoms with Crippen LogP contribution in [0.15, 0.2) is 58.5 Å². The fourth-order valence-corrected chi connectivity index (χ4v) is 3.81. The van der Waals surface area contributed by atoms with E-state index in [9.17, 15) is 9.59 Å². The molecule has 1 aliphatic rings. The molecule has 0 N–H and O–H groups in total. The van der Waals surface area contributed by atoms with Crippen LogP contribution in [0.4, 0.5) is 11.4 Å². The Kier molecular flexibility index (Phi) is 5.04. The third-order valence-electron chi connectivity index (χ3n) is 5.32. The number of benzene rings is 2. The van der Waals surface area contributed by atoms with Crippen LogP contribution in [0.5, 0.6) is 0 Å². The zero-order chi connectivity index (χ0) is 17.7. The lowest BCUT2D eigenvalue weighted by Gasteiger charge is -2.40. The molecule has 2 aromatic rings. The van der Waals surface area contributed by atoms with Gasteiger partial charge in [-0.25, -0.2) is 9.59 Å². The molecule has 1 saturated carbocycles. The van der Waals surface area contributed by atoms with Crippen molar-refractivity contribution in [3.63, 3.8) is 0 Å². The lowest BCUT2D eigenvalue weighted by molar-refractivity contribution is 0.280. The average molecular weight is 332 g/mol. The minimum atomic E-state index is -0.0562. The molecule has 0 aromatic heterocycles. The Labute approximate surface area is 147 Å². The first-order valence-electron chi connectivity index (χ1n) is 8.55. The maximum absolute atomic E-state index is 10.4. The van der Waals surface area contributed by atoms with Crippen LogP contribution in [0.3, 0.4) is 0 Å². The molecule has 25 heavy (non-hydrogen) atoms. The molecule has 4 heteroatoms. The Bertz CT molecular complexity index is 756. The maximum Gasteiger partial charge on any atom is 0.240 e. The normalized spacial score (nSPS) is 22.5. The lowest BCUT2D eigenvalue weighted by atomic mass is 9.63. The second-order valence-corrected chi connectivity index (χ2v) is 6.76. The topological polar surface area (TPSA) is 58.9 Å². The summed E-state index contributed by atoms with van der Waals surface area (Å²) in [5.74, 6) is 0.728. The smallest absolute Gasteiger partial charge is 0.211 e. The number of rotatable bonds is 4. The first kappa shape index (κ1) is 17.0. The summed E-state index contributed by atoms with van der Waals surface area (Å²) < 4.78 is 0. The second-order valence-electron chi connectivity index (χ2n) is 6.76. The summed E-state index contributed by atoms with van der Waals surface area (Å²) in [4.78, 5) is 28.2. The molecule has 1 aliphatic carbocycles. The van der Waals surface area contributed by atoms with Crippen LogP contribution in [0.25, 0.3) is 0 Å². The first-order chi connectivity index (χ1) is 12.2. The largest absolute Gasteiger partial charge is 0.240 e. The molecule has 0 saturated heterocycles. The van der Waals surface area contributed by atoms with Crippen molar-refractivity contribution in [1.29, 1.82) is 0 Å². The highest BCUT2D eigenvalue weighted by Crippen LogP contribution is 2.46. The van der Waals surface area contributed by atoms with Gasteiger partial charge in [-0.05, 0) is 67.0 Å². The van der Waals surface area contributed by atoms with Crippen molar-refractivity contribution in [1.82, 2.24) is 0 Å². The van der Waals surface area contributed by atoms with E-state index >= 15 is 0 Å². The molecular formula is C21H20N2O2. The van der Waals surface area contributed by atoms with Crippen molar-refractivity contribution in [2.45, 2.75) is 38.0 Å². The van der Waals surface area contributed by atoms with Gasteiger partial charge in [0.2, 0.25) is 12.2 Å². The summed E-state index contributed by atoms with van der Waals surface area (Å²) in [6, 6.07) is 15.7. The summed E-state index contributed by atoms with van der Waals surface area (Å²) in [5.41, 5.74) is 3.65. The number of carbonyl (C=O) groups excluding carboxylic acids is 2. The Morgan fingerprint density at radius 3 is 1.56 bits per heavy atom. The van der Waals surface area contributed by atoms with Crippen LogP contribution in [-0.4, -0.2) is 12.2 Å². The van der Waals surface area contributed by atoms with Crippen LogP contribution in [0.1, 0.15) is 43.7 Å². The van der Waals surface area contributed by atoms with Crippen LogP contribution < -0.4 is 0 Å². The van der Waals surface area contributed by atoms with E-state index in [2.05, 4.69) is 41.2 Å². The van der Waals surface area contributed by atoms with Gasteiger partial charge in [-0.15, -0.1) is 0 Å². The zero-order valence-corrected chi connectivity index (χ0v) is 14.2. The maximum atomic E-state index is 10.4. The van der Waals surface area contributed by atoms with E-state index in [1.165, 1.54) is 24.0 Å². The predicted octanol–water partition coefficient (Wildman–Crippen LogP) is 5.12. The molecule has 0 amide bonds. The summed E-state index contributed by atoms with van der Waals surface area (Å²) in [6.45, 7) is 2.30. The molecule has 0 unspecified atom stereocenters. The third-order valence-corrected chi connectivity index (χ3v) is 5.32. The van der Waals surface area contributed by atoms with Crippen molar-refractivity contribution in [2.24, 2.45) is 15.9 Å². The molecule has 2 aromatic carbocycles. The molecule has 0 bridgehead atoms. The van der Waals surface area contributed by atoms with Gasteiger partial charge in [0.05, 0.1) is 11.4 Å². The van der Waals surface area contributed by atoms with Crippen LogP contribution in [-0.2, 0) is 15.0 Å². The lowest BCUT2D eigenvalue weighted by Crippen LogP contribution is -2.32. The van der Waals surface area contributed by atoms with Gasteiger partial charge in [-0.1, -0.05) is 31.2 Å². The molecule has 0 aliphatic heterocycles. The minimum absolute atomic E-state index is 0.0562. The Morgan fingerprint density at radius 1 is 0.800 bits per heavy atom. The Morgan fingerprint density at radius 2 is 1.20 bits per heavy atom. The van der Waals surface area contributed by atoms with E-state index in [0.717, 1.165) is 18.8 Å². The van der Waals surface area contributed by atoms with E-state index in [-0.39, 0.29) is 5.41 Å². The summed E-state index contributed by atoms with van der Waals surface area (Å²) >= 11 is 0. The third kappa shape index (κ3) is 3.51. The van der Waals surface area contributed by atoms with Crippen molar-refractivity contribution < 1.29 is 9.59 Å². The van der Waals surface area contributed by atoms with E-state index in [0.29, 0.717) is 11.4 Å². The molecule has 0 heterocycles. The molecule has 1 fully saturated rings. The number of isocyanates is 2. The van der Waals surface area contributed by atoms with Crippen LogP contribution in [0.2, 0.25) is 0 Å². The van der Waals surface area contributed by atoms with Gasteiger partial charge < -0.3 is 0 Å². The Hall–Kier alpha value is -2.80. The van der Waals surface area contributed by atoms with Gasteiger partial charge in [-0.2, -0.15) is 9.98 Å². The number of hydrogen-bond donors (Lipinski definition) is 0. The quantitative estimate of drug-likeness (QED) is 0.576.